The van der Waals surface area contributed by atoms with Crippen LogP contribution in [0.25, 0.3) is 0 Å². The van der Waals surface area contributed by atoms with Crippen LogP contribution in [0.5, 0.6) is 0 Å². The van der Waals surface area contributed by atoms with E-state index in [0.717, 1.165) is 18.9 Å². The molecule has 0 bridgehead atoms. The highest BCUT2D eigenvalue weighted by Crippen LogP contribution is 2.25. The van der Waals surface area contributed by atoms with Crippen LogP contribution in [0.3, 0.4) is 0 Å². The van der Waals surface area contributed by atoms with Gasteiger partial charge < -0.3 is 10.5 Å². The van der Waals surface area contributed by atoms with Gasteiger partial charge in [0.05, 0.1) is 6.10 Å². The molecule has 0 saturated carbocycles. The predicted octanol–water partition coefficient (Wildman–Crippen LogP) is 0.856. The Morgan fingerprint density at radius 2 is 2.50 bits per heavy atom. The van der Waals surface area contributed by atoms with Crippen molar-refractivity contribution in [2.45, 2.75) is 24.7 Å². The van der Waals surface area contributed by atoms with Crippen LogP contribution in [0.2, 0.25) is 0 Å². The summed E-state index contributed by atoms with van der Waals surface area (Å²) in [6.07, 6.45) is 1.64. The van der Waals surface area contributed by atoms with Gasteiger partial charge in [-0.25, -0.2) is 0 Å². The van der Waals surface area contributed by atoms with Crippen molar-refractivity contribution < 1.29 is 4.74 Å². The first-order valence-electron chi connectivity index (χ1n) is 3.78. The zero-order valence-electron chi connectivity index (χ0n) is 6.38. The standard InChI is InChI=1S/C7H15NOS/c1-6-7(2-4-9-6)10-5-3-8/h6-7H,2-5,8H2,1H3. The Balaban J connectivity index is 2.14. The van der Waals surface area contributed by atoms with Crippen molar-refractivity contribution in [1.82, 2.24) is 0 Å². The molecule has 0 aromatic heterocycles. The smallest absolute Gasteiger partial charge is 0.0666 e. The molecule has 0 aliphatic carbocycles. The van der Waals surface area contributed by atoms with Crippen LogP contribution in [0.15, 0.2) is 0 Å². The summed E-state index contributed by atoms with van der Waals surface area (Å²) in [5.74, 6) is 1.07. The lowest BCUT2D eigenvalue weighted by atomic mass is 10.3. The fourth-order valence-corrected chi connectivity index (χ4v) is 2.20. The van der Waals surface area contributed by atoms with E-state index in [2.05, 4.69) is 6.92 Å². The first-order chi connectivity index (χ1) is 4.84. The van der Waals surface area contributed by atoms with Crippen LogP contribution in [0, 0.1) is 0 Å². The summed E-state index contributed by atoms with van der Waals surface area (Å²) in [7, 11) is 0. The van der Waals surface area contributed by atoms with Crippen LogP contribution in [-0.2, 0) is 4.74 Å². The van der Waals surface area contributed by atoms with Gasteiger partial charge in [-0.15, -0.1) is 0 Å². The summed E-state index contributed by atoms with van der Waals surface area (Å²) in [5, 5.41) is 0.698. The third-order valence-electron chi connectivity index (χ3n) is 1.76. The van der Waals surface area contributed by atoms with Gasteiger partial charge in [-0.1, -0.05) is 0 Å². The van der Waals surface area contributed by atoms with Crippen molar-refractivity contribution in [3.63, 3.8) is 0 Å². The first-order valence-corrected chi connectivity index (χ1v) is 4.82. The Hall–Kier alpha value is 0.270. The summed E-state index contributed by atoms with van der Waals surface area (Å²) in [5.41, 5.74) is 5.39. The van der Waals surface area contributed by atoms with Crippen molar-refractivity contribution >= 4 is 11.8 Å². The lowest BCUT2D eigenvalue weighted by Crippen LogP contribution is -2.15. The van der Waals surface area contributed by atoms with Crippen molar-refractivity contribution in [3.8, 4) is 0 Å². The number of thioether (sulfide) groups is 1. The molecule has 0 radical (unpaired) electrons. The number of ether oxygens (including phenoxy) is 1. The fourth-order valence-electron chi connectivity index (χ4n) is 1.15. The average Bonchev–Trinajstić information content (AvgIpc) is 2.31. The van der Waals surface area contributed by atoms with E-state index in [4.69, 9.17) is 10.5 Å². The van der Waals surface area contributed by atoms with Gasteiger partial charge in [0.15, 0.2) is 0 Å². The molecule has 1 heterocycles. The van der Waals surface area contributed by atoms with Crippen molar-refractivity contribution in [1.29, 1.82) is 0 Å². The minimum absolute atomic E-state index is 0.441. The van der Waals surface area contributed by atoms with Gasteiger partial charge in [0, 0.05) is 24.2 Å². The third-order valence-corrected chi connectivity index (χ3v) is 3.27. The second-order valence-corrected chi connectivity index (χ2v) is 3.91. The largest absolute Gasteiger partial charge is 0.377 e. The molecule has 2 atom stereocenters. The molecule has 1 aliphatic heterocycles. The molecule has 1 aliphatic rings. The molecule has 1 rings (SSSR count). The SMILES string of the molecule is CC1OCCC1SCCN. The van der Waals surface area contributed by atoms with E-state index in [1.54, 1.807) is 0 Å². The molecule has 2 unspecified atom stereocenters. The Bertz CT molecular complexity index is 99.6. The second kappa shape index (κ2) is 4.21. The highest BCUT2D eigenvalue weighted by Gasteiger charge is 2.23. The number of rotatable bonds is 3. The summed E-state index contributed by atoms with van der Waals surface area (Å²) in [4.78, 5) is 0. The van der Waals surface area contributed by atoms with Gasteiger partial charge >= 0.3 is 0 Å². The molecule has 0 aromatic rings. The van der Waals surface area contributed by atoms with Crippen LogP contribution in [-0.4, -0.2) is 30.3 Å². The Labute approximate surface area is 66.5 Å². The normalized spacial score (nSPS) is 33.0. The molecule has 0 spiro atoms. The molecule has 1 saturated heterocycles. The van der Waals surface area contributed by atoms with Gasteiger partial charge in [-0.05, 0) is 13.3 Å². The molecule has 0 amide bonds. The maximum absolute atomic E-state index is 5.40. The molecule has 1 fully saturated rings. The van der Waals surface area contributed by atoms with E-state index in [1.807, 2.05) is 11.8 Å². The zero-order chi connectivity index (χ0) is 7.40. The zero-order valence-corrected chi connectivity index (χ0v) is 7.19. The van der Waals surface area contributed by atoms with E-state index in [9.17, 15) is 0 Å². The summed E-state index contributed by atoms with van der Waals surface area (Å²) in [6, 6.07) is 0. The van der Waals surface area contributed by atoms with Crippen molar-refractivity contribution in [2.24, 2.45) is 5.73 Å². The lowest BCUT2D eigenvalue weighted by Gasteiger charge is -2.11. The van der Waals surface area contributed by atoms with Gasteiger partial charge in [0.1, 0.15) is 0 Å². The van der Waals surface area contributed by atoms with Crippen LogP contribution in [0.4, 0.5) is 0 Å². The fraction of sp³-hybridized carbons (Fsp3) is 1.00. The summed E-state index contributed by atoms with van der Waals surface area (Å²) in [6.45, 7) is 3.86. The van der Waals surface area contributed by atoms with E-state index >= 15 is 0 Å². The van der Waals surface area contributed by atoms with Gasteiger partial charge in [-0.2, -0.15) is 11.8 Å². The van der Waals surface area contributed by atoms with Gasteiger partial charge in [0.25, 0.3) is 0 Å². The van der Waals surface area contributed by atoms with E-state index in [0.29, 0.717) is 11.4 Å². The molecule has 2 nitrogen and oxygen atoms in total. The van der Waals surface area contributed by atoms with Gasteiger partial charge in [-0.3, -0.25) is 0 Å². The van der Waals surface area contributed by atoms with Crippen LogP contribution in [0.1, 0.15) is 13.3 Å². The average molecular weight is 161 g/mol. The summed E-state index contributed by atoms with van der Waals surface area (Å²) >= 11 is 1.94. The third kappa shape index (κ3) is 2.15. The Morgan fingerprint density at radius 1 is 1.70 bits per heavy atom. The Kier molecular flexibility index (Phi) is 3.52. The van der Waals surface area contributed by atoms with Crippen LogP contribution < -0.4 is 5.73 Å². The molecule has 60 valence electrons. The minimum atomic E-state index is 0.441. The minimum Gasteiger partial charge on any atom is -0.377 e. The maximum atomic E-state index is 5.40. The quantitative estimate of drug-likeness (QED) is 0.666. The second-order valence-electron chi connectivity index (χ2n) is 2.56. The van der Waals surface area contributed by atoms with E-state index in [1.165, 1.54) is 6.42 Å². The van der Waals surface area contributed by atoms with Crippen LogP contribution >= 0.6 is 11.8 Å². The number of hydrogen-bond donors (Lipinski definition) is 1. The lowest BCUT2D eigenvalue weighted by molar-refractivity contribution is 0.127. The Morgan fingerprint density at radius 3 is 3.00 bits per heavy atom. The highest BCUT2D eigenvalue weighted by atomic mass is 32.2. The van der Waals surface area contributed by atoms with E-state index < -0.39 is 0 Å². The monoisotopic (exact) mass is 161 g/mol. The molecule has 0 aromatic carbocycles. The molecular formula is C7H15NOS. The van der Waals surface area contributed by atoms with Gasteiger partial charge in [0.2, 0.25) is 0 Å². The van der Waals surface area contributed by atoms with Crippen molar-refractivity contribution in [3.05, 3.63) is 0 Å². The summed E-state index contributed by atoms with van der Waals surface area (Å²) < 4.78 is 5.40. The molecular weight excluding hydrogens is 146 g/mol. The van der Waals surface area contributed by atoms with Crippen molar-refractivity contribution in [2.75, 3.05) is 18.9 Å². The highest BCUT2D eigenvalue weighted by molar-refractivity contribution is 8.00. The molecule has 10 heavy (non-hydrogen) atoms. The van der Waals surface area contributed by atoms with E-state index in [-0.39, 0.29) is 0 Å². The molecule has 3 heteroatoms. The molecule has 2 N–H and O–H groups in total. The number of nitrogens with two attached hydrogens (primary N) is 1. The maximum Gasteiger partial charge on any atom is 0.0666 e. The first kappa shape index (κ1) is 8.37. The topological polar surface area (TPSA) is 35.2 Å². The number of hydrogen-bond acceptors (Lipinski definition) is 3. The predicted molar refractivity (Wildman–Crippen MR) is 45.3 cm³/mol.